The number of para-hydroxylation sites is 1. The lowest BCUT2D eigenvalue weighted by molar-refractivity contribution is -0.120. The van der Waals surface area contributed by atoms with Gasteiger partial charge in [0.05, 0.1) is 6.42 Å². The Morgan fingerprint density at radius 1 is 1.13 bits per heavy atom. The van der Waals surface area contributed by atoms with Crippen LogP contribution in [0, 0.1) is 0 Å². The van der Waals surface area contributed by atoms with Gasteiger partial charge in [-0.15, -0.1) is 11.8 Å². The van der Waals surface area contributed by atoms with Crippen molar-refractivity contribution < 1.29 is 4.79 Å². The molecule has 23 heavy (non-hydrogen) atoms. The lowest BCUT2D eigenvalue weighted by Gasteiger charge is -2.05. The molecule has 0 saturated heterocycles. The number of thioether (sulfide) groups is 1. The Labute approximate surface area is 148 Å². The van der Waals surface area contributed by atoms with Gasteiger partial charge in [0.2, 0.25) is 5.91 Å². The highest BCUT2D eigenvalue weighted by Crippen LogP contribution is 2.20. The number of halogens is 1. The Morgan fingerprint density at radius 2 is 1.91 bits per heavy atom. The van der Waals surface area contributed by atoms with Crippen molar-refractivity contribution in [2.75, 3.05) is 12.3 Å². The summed E-state index contributed by atoms with van der Waals surface area (Å²) in [6.07, 6.45) is 2.33. The van der Waals surface area contributed by atoms with Crippen LogP contribution >= 0.6 is 27.7 Å². The summed E-state index contributed by atoms with van der Waals surface area (Å²) >= 11 is 5.16. The van der Waals surface area contributed by atoms with Gasteiger partial charge in [-0.05, 0) is 35.9 Å². The molecule has 0 radical (unpaired) electrons. The third-order valence-electron chi connectivity index (χ3n) is 3.53. The van der Waals surface area contributed by atoms with Gasteiger partial charge in [0.15, 0.2) is 0 Å². The fourth-order valence-electron chi connectivity index (χ4n) is 2.40. The Hall–Kier alpha value is -1.72. The summed E-state index contributed by atoms with van der Waals surface area (Å²) in [4.78, 5) is 16.5. The fraction of sp³-hybridized carbons (Fsp3) is 0.167. The standard InChI is InChI=1S/C18H17BrN2OS/c19-14-5-7-15(8-6-14)23-10-9-20-18(22)11-13-12-21-17-4-2-1-3-16(13)17/h1-8,12,21H,9-11H2,(H,20,22). The topological polar surface area (TPSA) is 44.9 Å². The molecule has 118 valence electrons. The molecule has 2 N–H and O–H groups in total. The number of nitrogens with one attached hydrogen (secondary N) is 2. The SMILES string of the molecule is O=C(Cc1c[nH]c2ccccc12)NCCSc1ccc(Br)cc1. The summed E-state index contributed by atoms with van der Waals surface area (Å²) in [6, 6.07) is 16.2. The predicted octanol–water partition coefficient (Wildman–Crippen LogP) is 4.38. The molecule has 0 atom stereocenters. The number of amides is 1. The van der Waals surface area contributed by atoms with Gasteiger partial charge in [0, 0.05) is 38.8 Å². The number of hydrogen-bond acceptors (Lipinski definition) is 2. The number of aromatic amines is 1. The van der Waals surface area contributed by atoms with E-state index < -0.39 is 0 Å². The molecule has 0 aliphatic heterocycles. The van der Waals surface area contributed by atoms with E-state index in [2.05, 4.69) is 38.4 Å². The number of fused-ring (bicyclic) bond motifs is 1. The summed E-state index contributed by atoms with van der Waals surface area (Å²) in [5.74, 6) is 0.924. The van der Waals surface area contributed by atoms with E-state index in [9.17, 15) is 4.79 Å². The zero-order valence-corrected chi connectivity index (χ0v) is 14.9. The third kappa shape index (κ3) is 4.39. The van der Waals surface area contributed by atoms with Crippen molar-refractivity contribution in [3.63, 3.8) is 0 Å². The zero-order chi connectivity index (χ0) is 16.1. The van der Waals surface area contributed by atoms with E-state index >= 15 is 0 Å². The molecule has 1 heterocycles. The van der Waals surface area contributed by atoms with E-state index in [1.54, 1.807) is 11.8 Å². The summed E-state index contributed by atoms with van der Waals surface area (Å²) in [5.41, 5.74) is 2.11. The van der Waals surface area contributed by atoms with Gasteiger partial charge >= 0.3 is 0 Å². The maximum atomic E-state index is 12.1. The highest BCUT2D eigenvalue weighted by Gasteiger charge is 2.08. The molecule has 3 nitrogen and oxygen atoms in total. The van der Waals surface area contributed by atoms with E-state index in [4.69, 9.17) is 0 Å². The maximum absolute atomic E-state index is 12.1. The van der Waals surface area contributed by atoms with Gasteiger partial charge in [-0.3, -0.25) is 4.79 Å². The molecule has 1 amide bonds. The second-order valence-corrected chi connectivity index (χ2v) is 7.27. The molecule has 5 heteroatoms. The minimum Gasteiger partial charge on any atom is -0.361 e. The minimum absolute atomic E-state index is 0.0613. The molecular formula is C18H17BrN2OS. The molecule has 0 unspecified atom stereocenters. The molecular weight excluding hydrogens is 372 g/mol. The Morgan fingerprint density at radius 3 is 2.74 bits per heavy atom. The van der Waals surface area contributed by atoms with Crippen molar-refractivity contribution in [2.45, 2.75) is 11.3 Å². The van der Waals surface area contributed by atoms with Crippen LogP contribution in [0.1, 0.15) is 5.56 Å². The molecule has 0 aliphatic rings. The van der Waals surface area contributed by atoms with Crippen LogP contribution in [0.25, 0.3) is 10.9 Å². The van der Waals surface area contributed by atoms with Crippen LogP contribution in [0.2, 0.25) is 0 Å². The fourth-order valence-corrected chi connectivity index (χ4v) is 3.44. The first-order chi connectivity index (χ1) is 11.2. The van der Waals surface area contributed by atoms with Crippen molar-refractivity contribution in [1.29, 1.82) is 0 Å². The largest absolute Gasteiger partial charge is 0.361 e. The molecule has 0 bridgehead atoms. The molecule has 0 spiro atoms. The molecule has 2 aromatic carbocycles. The molecule has 0 fully saturated rings. The van der Waals surface area contributed by atoms with Crippen LogP contribution in [0.4, 0.5) is 0 Å². The molecule has 0 aliphatic carbocycles. The van der Waals surface area contributed by atoms with Crippen LogP contribution in [-0.2, 0) is 11.2 Å². The van der Waals surface area contributed by atoms with E-state index in [0.29, 0.717) is 13.0 Å². The molecule has 0 saturated carbocycles. The summed E-state index contributed by atoms with van der Waals surface area (Å²) in [6.45, 7) is 0.669. The van der Waals surface area contributed by atoms with Crippen molar-refractivity contribution in [2.24, 2.45) is 0 Å². The molecule has 1 aromatic heterocycles. The Balaban J connectivity index is 1.45. The van der Waals surface area contributed by atoms with Crippen LogP contribution < -0.4 is 5.32 Å². The Kier molecular flexibility index (Phi) is 5.41. The van der Waals surface area contributed by atoms with Gasteiger partial charge in [-0.1, -0.05) is 34.1 Å². The number of carbonyl (C=O) groups is 1. The van der Waals surface area contributed by atoms with Gasteiger partial charge in [0.25, 0.3) is 0 Å². The number of H-pyrrole nitrogens is 1. The van der Waals surface area contributed by atoms with Gasteiger partial charge in [-0.25, -0.2) is 0 Å². The average Bonchev–Trinajstić information content (AvgIpc) is 2.96. The highest BCUT2D eigenvalue weighted by atomic mass is 79.9. The monoisotopic (exact) mass is 388 g/mol. The smallest absolute Gasteiger partial charge is 0.224 e. The first-order valence-electron chi connectivity index (χ1n) is 7.42. The van der Waals surface area contributed by atoms with E-state index in [-0.39, 0.29) is 5.91 Å². The van der Waals surface area contributed by atoms with Crippen LogP contribution in [0.3, 0.4) is 0 Å². The normalized spacial score (nSPS) is 10.8. The third-order valence-corrected chi connectivity index (χ3v) is 5.07. The molecule has 3 aromatic rings. The van der Waals surface area contributed by atoms with E-state index in [1.807, 2.05) is 42.6 Å². The van der Waals surface area contributed by atoms with E-state index in [1.165, 1.54) is 4.90 Å². The van der Waals surface area contributed by atoms with Crippen molar-refractivity contribution in [3.8, 4) is 0 Å². The lowest BCUT2D eigenvalue weighted by Crippen LogP contribution is -2.27. The number of hydrogen-bond donors (Lipinski definition) is 2. The number of benzene rings is 2. The average molecular weight is 389 g/mol. The van der Waals surface area contributed by atoms with Crippen LogP contribution in [0.5, 0.6) is 0 Å². The number of carbonyl (C=O) groups excluding carboxylic acids is 1. The van der Waals surface area contributed by atoms with Crippen molar-refractivity contribution in [1.82, 2.24) is 10.3 Å². The van der Waals surface area contributed by atoms with Crippen LogP contribution in [0.15, 0.2) is 64.1 Å². The maximum Gasteiger partial charge on any atom is 0.224 e. The summed E-state index contributed by atoms with van der Waals surface area (Å²) < 4.78 is 1.08. The molecule has 3 rings (SSSR count). The summed E-state index contributed by atoms with van der Waals surface area (Å²) in [7, 11) is 0. The number of rotatable bonds is 6. The van der Waals surface area contributed by atoms with Gasteiger partial charge < -0.3 is 10.3 Å². The minimum atomic E-state index is 0.0613. The van der Waals surface area contributed by atoms with Crippen molar-refractivity contribution >= 4 is 44.5 Å². The second-order valence-electron chi connectivity index (χ2n) is 5.19. The lowest BCUT2D eigenvalue weighted by atomic mass is 10.1. The first-order valence-corrected chi connectivity index (χ1v) is 9.20. The van der Waals surface area contributed by atoms with Gasteiger partial charge in [-0.2, -0.15) is 0 Å². The van der Waals surface area contributed by atoms with E-state index in [0.717, 1.165) is 26.7 Å². The van der Waals surface area contributed by atoms with Crippen LogP contribution in [-0.4, -0.2) is 23.2 Å². The van der Waals surface area contributed by atoms with Crippen molar-refractivity contribution in [3.05, 3.63) is 64.8 Å². The quantitative estimate of drug-likeness (QED) is 0.486. The Bertz CT molecular complexity index is 798. The van der Waals surface area contributed by atoms with Gasteiger partial charge in [0.1, 0.15) is 0 Å². The number of aromatic nitrogens is 1. The summed E-state index contributed by atoms with van der Waals surface area (Å²) in [5, 5.41) is 4.10. The predicted molar refractivity (Wildman–Crippen MR) is 99.9 cm³/mol. The second kappa shape index (κ2) is 7.70. The first kappa shape index (κ1) is 16.1. The highest BCUT2D eigenvalue weighted by molar-refractivity contribution is 9.10. The zero-order valence-electron chi connectivity index (χ0n) is 12.5.